The van der Waals surface area contributed by atoms with Crippen LogP contribution in [0.5, 0.6) is 5.75 Å². The van der Waals surface area contributed by atoms with Crippen LogP contribution in [0.15, 0.2) is 24.3 Å². The molecule has 114 valence electrons. The number of para-hydroxylation sites is 1. The van der Waals surface area contributed by atoms with Gasteiger partial charge in [0.05, 0.1) is 13.2 Å². The Labute approximate surface area is 125 Å². The standard InChI is InChI=1S/C16H22N2O3/c1-4-17-13(12-7-5-6-8-14(12)21-3)10-18-15(19)9-11(2)16(18)20/h5-8,11,13,17H,4,9-10H2,1-3H3. The van der Waals surface area contributed by atoms with Gasteiger partial charge in [-0.3, -0.25) is 14.5 Å². The Kier molecular flexibility index (Phi) is 4.96. The number of nitrogens with zero attached hydrogens (tertiary/aromatic N) is 1. The molecule has 2 rings (SSSR count). The summed E-state index contributed by atoms with van der Waals surface area (Å²) >= 11 is 0. The van der Waals surface area contributed by atoms with Crippen LogP contribution >= 0.6 is 0 Å². The number of nitrogens with one attached hydrogen (secondary N) is 1. The molecular weight excluding hydrogens is 268 g/mol. The van der Waals surface area contributed by atoms with E-state index in [2.05, 4.69) is 5.32 Å². The van der Waals surface area contributed by atoms with Crippen LogP contribution in [0.4, 0.5) is 0 Å². The maximum Gasteiger partial charge on any atom is 0.232 e. The summed E-state index contributed by atoms with van der Waals surface area (Å²) in [7, 11) is 1.62. The molecule has 0 radical (unpaired) electrons. The largest absolute Gasteiger partial charge is 0.496 e. The molecule has 0 bridgehead atoms. The highest BCUT2D eigenvalue weighted by atomic mass is 16.5. The third-order valence-electron chi connectivity index (χ3n) is 3.80. The van der Waals surface area contributed by atoms with Gasteiger partial charge in [0, 0.05) is 24.4 Å². The summed E-state index contributed by atoms with van der Waals surface area (Å²) in [5.41, 5.74) is 0.960. The van der Waals surface area contributed by atoms with E-state index in [0.717, 1.165) is 17.9 Å². The van der Waals surface area contributed by atoms with E-state index in [1.54, 1.807) is 14.0 Å². The number of imide groups is 1. The van der Waals surface area contributed by atoms with Crippen LogP contribution < -0.4 is 10.1 Å². The van der Waals surface area contributed by atoms with E-state index in [0.29, 0.717) is 13.0 Å². The molecule has 1 saturated heterocycles. The van der Waals surface area contributed by atoms with Crippen molar-refractivity contribution in [3.8, 4) is 5.75 Å². The number of likely N-dealkylation sites (tertiary alicyclic amines) is 1. The van der Waals surface area contributed by atoms with E-state index >= 15 is 0 Å². The Hall–Kier alpha value is -1.88. The maximum absolute atomic E-state index is 12.1. The topological polar surface area (TPSA) is 58.6 Å². The van der Waals surface area contributed by atoms with E-state index < -0.39 is 0 Å². The van der Waals surface area contributed by atoms with Gasteiger partial charge in [0.1, 0.15) is 5.75 Å². The molecule has 0 aliphatic carbocycles. The smallest absolute Gasteiger partial charge is 0.232 e. The van der Waals surface area contributed by atoms with Crippen molar-refractivity contribution in [2.24, 2.45) is 5.92 Å². The van der Waals surface area contributed by atoms with Crippen molar-refractivity contribution < 1.29 is 14.3 Å². The van der Waals surface area contributed by atoms with Crippen molar-refractivity contribution in [2.75, 3.05) is 20.2 Å². The Morgan fingerprint density at radius 2 is 2.10 bits per heavy atom. The lowest BCUT2D eigenvalue weighted by Gasteiger charge is -2.25. The fourth-order valence-electron chi connectivity index (χ4n) is 2.70. The summed E-state index contributed by atoms with van der Waals surface area (Å²) in [6.45, 7) is 4.88. The fraction of sp³-hybridized carbons (Fsp3) is 0.500. The average Bonchev–Trinajstić information content (AvgIpc) is 2.73. The van der Waals surface area contributed by atoms with Gasteiger partial charge in [-0.1, -0.05) is 32.0 Å². The molecule has 5 nitrogen and oxygen atoms in total. The van der Waals surface area contributed by atoms with Gasteiger partial charge in [0.15, 0.2) is 0 Å². The first kappa shape index (κ1) is 15.5. The molecule has 2 unspecified atom stereocenters. The molecule has 2 amide bonds. The van der Waals surface area contributed by atoms with Crippen molar-refractivity contribution in [1.29, 1.82) is 0 Å². The summed E-state index contributed by atoms with van der Waals surface area (Å²) in [6.07, 6.45) is 0.309. The van der Waals surface area contributed by atoms with Crippen LogP contribution in [0.3, 0.4) is 0 Å². The molecular formula is C16H22N2O3. The zero-order valence-electron chi connectivity index (χ0n) is 12.8. The number of rotatable bonds is 6. The van der Waals surface area contributed by atoms with Crippen LogP contribution in [-0.4, -0.2) is 36.9 Å². The van der Waals surface area contributed by atoms with E-state index in [4.69, 9.17) is 4.74 Å². The minimum atomic E-state index is -0.211. The highest BCUT2D eigenvalue weighted by molar-refractivity contribution is 6.03. The Bertz CT molecular complexity index is 530. The number of amides is 2. The number of likely N-dealkylation sites (N-methyl/N-ethyl adjacent to an activating group) is 1. The number of hydrogen-bond donors (Lipinski definition) is 1. The first-order valence-electron chi connectivity index (χ1n) is 7.29. The lowest BCUT2D eigenvalue weighted by molar-refractivity contribution is -0.139. The van der Waals surface area contributed by atoms with Gasteiger partial charge in [-0.25, -0.2) is 0 Å². The second-order valence-corrected chi connectivity index (χ2v) is 5.30. The second kappa shape index (κ2) is 6.72. The molecule has 0 aromatic heterocycles. The van der Waals surface area contributed by atoms with Gasteiger partial charge >= 0.3 is 0 Å². The molecule has 1 aliphatic rings. The highest BCUT2D eigenvalue weighted by Crippen LogP contribution is 2.28. The number of methoxy groups -OCH3 is 1. The molecule has 1 heterocycles. The van der Waals surface area contributed by atoms with Crippen molar-refractivity contribution in [1.82, 2.24) is 10.2 Å². The maximum atomic E-state index is 12.1. The van der Waals surface area contributed by atoms with Gasteiger partial charge in [-0.05, 0) is 12.6 Å². The summed E-state index contributed by atoms with van der Waals surface area (Å²) in [6, 6.07) is 7.55. The first-order chi connectivity index (χ1) is 10.1. The van der Waals surface area contributed by atoms with Gasteiger partial charge in [-0.15, -0.1) is 0 Å². The van der Waals surface area contributed by atoms with Crippen molar-refractivity contribution in [3.63, 3.8) is 0 Å². The monoisotopic (exact) mass is 290 g/mol. The molecule has 0 saturated carbocycles. The van der Waals surface area contributed by atoms with E-state index in [-0.39, 0.29) is 23.8 Å². The van der Waals surface area contributed by atoms with E-state index in [9.17, 15) is 9.59 Å². The van der Waals surface area contributed by atoms with Crippen molar-refractivity contribution in [2.45, 2.75) is 26.3 Å². The fourth-order valence-corrected chi connectivity index (χ4v) is 2.70. The molecule has 1 aromatic rings. The van der Waals surface area contributed by atoms with E-state index in [1.165, 1.54) is 4.90 Å². The molecule has 1 aromatic carbocycles. The van der Waals surface area contributed by atoms with Gasteiger partial charge < -0.3 is 10.1 Å². The Balaban J connectivity index is 2.23. The lowest BCUT2D eigenvalue weighted by Crippen LogP contribution is -2.39. The number of benzene rings is 1. The van der Waals surface area contributed by atoms with Gasteiger partial charge in [0.25, 0.3) is 0 Å². The van der Waals surface area contributed by atoms with Crippen LogP contribution in [0.1, 0.15) is 31.9 Å². The molecule has 5 heteroatoms. The quantitative estimate of drug-likeness (QED) is 0.811. The molecule has 21 heavy (non-hydrogen) atoms. The highest BCUT2D eigenvalue weighted by Gasteiger charge is 2.37. The molecule has 0 spiro atoms. The lowest BCUT2D eigenvalue weighted by atomic mass is 10.0. The summed E-state index contributed by atoms with van der Waals surface area (Å²) in [5, 5.41) is 3.33. The molecule has 2 atom stereocenters. The molecule has 1 fully saturated rings. The van der Waals surface area contributed by atoms with Crippen LogP contribution in [-0.2, 0) is 9.59 Å². The number of carbonyl (C=O) groups is 2. The van der Waals surface area contributed by atoms with Crippen LogP contribution in [0.25, 0.3) is 0 Å². The summed E-state index contributed by atoms with van der Waals surface area (Å²) < 4.78 is 5.38. The third kappa shape index (κ3) is 3.24. The number of carbonyl (C=O) groups excluding carboxylic acids is 2. The molecule has 1 N–H and O–H groups in total. The zero-order chi connectivity index (χ0) is 15.4. The Morgan fingerprint density at radius 1 is 1.38 bits per heavy atom. The summed E-state index contributed by atoms with van der Waals surface area (Å²) in [4.78, 5) is 25.4. The zero-order valence-corrected chi connectivity index (χ0v) is 12.8. The predicted octanol–water partition coefficient (Wildman–Crippen LogP) is 1.74. The number of ether oxygens (including phenoxy) is 1. The normalized spacial score (nSPS) is 20.0. The van der Waals surface area contributed by atoms with Crippen LogP contribution in [0.2, 0.25) is 0 Å². The molecule has 1 aliphatic heterocycles. The third-order valence-corrected chi connectivity index (χ3v) is 3.80. The second-order valence-electron chi connectivity index (χ2n) is 5.30. The SMILES string of the molecule is CCNC(CN1C(=O)CC(C)C1=O)c1ccccc1OC. The minimum absolute atomic E-state index is 0.0854. The number of hydrogen-bond acceptors (Lipinski definition) is 4. The van der Waals surface area contributed by atoms with Crippen molar-refractivity contribution >= 4 is 11.8 Å². The Morgan fingerprint density at radius 3 is 2.67 bits per heavy atom. The van der Waals surface area contributed by atoms with Crippen LogP contribution in [0, 0.1) is 5.92 Å². The first-order valence-corrected chi connectivity index (χ1v) is 7.29. The van der Waals surface area contributed by atoms with Gasteiger partial charge in [-0.2, -0.15) is 0 Å². The van der Waals surface area contributed by atoms with E-state index in [1.807, 2.05) is 31.2 Å². The van der Waals surface area contributed by atoms with Gasteiger partial charge in [0.2, 0.25) is 11.8 Å². The minimum Gasteiger partial charge on any atom is -0.496 e. The summed E-state index contributed by atoms with van der Waals surface area (Å²) in [5.74, 6) is 0.371. The van der Waals surface area contributed by atoms with Crippen molar-refractivity contribution in [3.05, 3.63) is 29.8 Å². The predicted molar refractivity (Wildman–Crippen MR) is 79.9 cm³/mol. The average molecular weight is 290 g/mol.